The molecule has 1 N–H and O–H groups in total. The molecule has 0 unspecified atom stereocenters. The summed E-state index contributed by atoms with van der Waals surface area (Å²) in [6.45, 7) is 1.63. The molecule has 1 saturated heterocycles. The molecule has 0 aliphatic carbocycles. The van der Waals surface area contributed by atoms with Crippen LogP contribution in [-0.2, 0) is 28.4 Å². The zero-order chi connectivity index (χ0) is 17.2. The number of nitrogens with zero attached hydrogens (tertiary/aromatic N) is 2. The van der Waals surface area contributed by atoms with E-state index in [-0.39, 0.29) is 23.0 Å². The summed E-state index contributed by atoms with van der Waals surface area (Å²) in [7, 11) is -1.98. The maximum Gasteiger partial charge on any atom is 0.268 e. The number of hydrogen-bond donors (Lipinski definition) is 1. The quantitative estimate of drug-likeness (QED) is 0.848. The van der Waals surface area contributed by atoms with Gasteiger partial charge in [-0.1, -0.05) is 0 Å². The summed E-state index contributed by atoms with van der Waals surface area (Å²) < 4.78 is 38.5. The van der Waals surface area contributed by atoms with Crippen LogP contribution < -0.4 is 5.32 Å². The van der Waals surface area contributed by atoms with E-state index in [1.807, 2.05) is 0 Å². The van der Waals surface area contributed by atoms with E-state index < -0.39 is 10.0 Å². The Hall–Kier alpha value is -2.10. The van der Waals surface area contributed by atoms with Crippen molar-refractivity contribution < 1.29 is 22.4 Å². The van der Waals surface area contributed by atoms with E-state index in [0.29, 0.717) is 32.1 Å². The molecule has 2 aromatic heterocycles. The van der Waals surface area contributed by atoms with Gasteiger partial charge in [-0.05, 0) is 18.2 Å². The first-order chi connectivity index (χ1) is 11.5. The Morgan fingerprint density at radius 1 is 1.33 bits per heavy atom. The molecular formula is C15H19N3O5S. The Morgan fingerprint density at radius 3 is 2.75 bits per heavy atom. The monoisotopic (exact) mass is 353 g/mol. The smallest absolute Gasteiger partial charge is 0.268 e. The predicted octanol–water partition coefficient (Wildman–Crippen LogP) is 0.569. The van der Waals surface area contributed by atoms with Crippen LogP contribution in [0.2, 0.25) is 0 Å². The van der Waals surface area contributed by atoms with E-state index in [2.05, 4.69) is 5.32 Å². The highest BCUT2D eigenvalue weighted by Gasteiger charge is 2.28. The normalized spacial score (nSPS) is 16.2. The summed E-state index contributed by atoms with van der Waals surface area (Å²) in [5.74, 6) is 0.260. The van der Waals surface area contributed by atoms with Crippen LogP contribution in [-0.4, -0.2) is 49.5 Å². The van der Waals surface area contributed by atoms with Crippen LogP contribution in [0.3, 0.4) is 0 Å². The van der Waals surface area contributed by atoms with Crippen LogP contribution in [0.25, 0.3) is 0 Å². The lowest BCUT2D eigenvalue weighted by molar-refractivity contribution is 0.0730. The van der Waals surface area contributed by atoms with Gasteiger partial charge in [0.05, 0.1) is 26.0 Å². The Balaban J connectivity index is 1.75. The third-order valence-electron chi connectivity index (χ3n) is 3.82. The minimum absolute atomic E-state index is 0.107. The number of sulfonamides is 1. The highest BCUT2D eigenvalue weighted by molar-refractivity contribution is 7.89. The fourth-order valence-electron chi connectivity index (χ4n) is 2.51. The molecule has 0 atom stereocenters. The number of furan rings is 1. The summed E-state index contributed by atoms with van der Waals surface area (Å²) in [5, 5.41) is 2.70. The lowest BCUT2D eigenvalue weighted by Gasteiger charge is -2.25. The van der Waals surface area contributed by atoms with Crippen LogP contribution in [0.15, 0.2) is 40.0 Å². The van der Waals surface area contributed by atoms with Crippen LogP contribution in [0.4, 0.5) is 0 Å². The van der Waals surface area contributed by atoms with Gasteiger partial charge in [-0.15, -0.1) is 0 Å². The van der Waals surface area contributed by atoms with Crippen molar-refractivity contribution in [2.75, 3.05) is 26.3 Å². The van der Waals surface area contributed by atoms with E-state index in [1.165, 1.54) is 27.4 Å². The highest BCUT2D eigenvalue weighted by Crippen LogP contribution is 2.19. The number of nitrogens with one attached hydrogen (secondary N) is 1. The number of aromatic nitrogens is 1. The predicted molar refractivity (Wildman–Crippen MR) is 84.9 cm³/mol. The maximum absolute atomic E-state index is 12.6. The number of aryl methyl sites for hydroxylation is 1. The minimum Gasteiger partial charge on any atom is -0.467 e. The fourth-order valence-corrected chi connectivity index (χ4v) is 3.99. The van der Waals surface area contributed by atoms with Gasteiger partial charge in [-0.3, -0.25) is 4.79 Å². The Labute approximate surface area is 140 Å². The molecule has 0 saturated carbocycles. The van der Waals surface area contributed by atoms with E-state index in [9.17, 15) is 13.2 Å². The first-order valence-electron chi connectivity index (χ1n) is 7.53. The first-order valence-corrected chi connectivity index (χ1v) is 8.97. The van der Waals surface area contributed by atoms with Gasteiger partial charge in [0.15, 0.2) is 0 Å². The summed E-state index contributed by atoms with van der Waals surface area (Å²) >= 11 is 0. The molecule has 0 aromatic carbocycles. The summed E-state index contributed by atoms with van der Waals surface area (Å²) in [6.07, 6.45) is 2.98. The molecule has 24 heavy (non-hydrogen) atoms. The number of hydrogen-bond acceptors (Lipinski definition) is 5. The molecule has 0 radical (unpaired) electrons. The fraction of sp³-hybridized carbons (Fsp3) is 0.400. The lowest BCUT2D eigenvalue weighted by atomic mass is 10.4. The largest absolute Gasteiger partial charge is 0.467 e. The first kappa shape index (κ1) is 16.7. The van der Waals surface area contributed by atoms with Gasteiger partial charge in [0.1, 0.15) is 16.3 Å². The standard InChI is InChI=1S/C15H19N3O5S/c1-17-11-13(24(20,21)18-4-7-22-8-5-18)9-14(17)15(19)16-10-12-3-2-6-23-12/h2-3,6,9,11H,4-5,7-8,10H2,1H3,(H,16,19). The summed E-state index contributed by atoms with van der Waals surface area (Å²) in [5.41, 5.74) is 0.272. The van der Waals surface area contributed by atoms with E-state index in [0.717, 1.165) is 0 Å². The molecule has 130 valence electrons. The topological polar surface area (TPSA) is 93.8 Å². The molecule has 2 aromatic rings. The average molecular weight is 353 g/mol. The number of rotatable bonds is 5. The van der Waals surface area contributed by atoms with Crippen LogP contribution in [0.5, 0.6) is 0 Å². The van der Waals surface area contributed by atoms with E-state index >= 15 is 0 Å². The second-order valence-corrected chi connectivity index (χ2v) is 7.39. The lowest BCUT2D eigenvalue weighted by Crippen LogP contribution is -2.40. The van der Waals surface area contributed by atoms with Crippen LogP contribution in [0.1, 0.15) is 16.2 Å². The van der Waals surface area contributed by atoms with Crippen molar-refractivity contribution in [3.63, 3.8) is 0 Å². The molecule has 0 bridgehead atoms. The zero-order valence-electron chi connectivity index (χ0n) is 13.3. The minimum atomic E-state index is -3.62. The van der Waals surface area contributed by atoms with Gasteiger partial charge in [-0.2, -0.15) is 4.31 Å². The molecule has 0 spiro atoms. The third-order valence-corrected chi connectivity index (χ3v) is 5.69. The second-order valence-electron chi connectivity index (χ2n) is 5.45. The van der Waals surface area contributed by atoms with Crippen molar-refractivity contribution in [2.24, 2.45) is 7.05 Å². The van der Waals surface area contributed by atoms with Gasteiger partial charge in [0.25, 0.3) is 5.91 Å². The van der Waals surface area contributed by atoms with Crippen molar-refractivity contribution >= 4 is 15.9 Å². The van der Waals surface area contributed by atoms with Gasteiger partial charge in [0, 0.05) is 26.3 Å². The van der Waals surface area contributed by atoms with Crippen molar-refractivity contribution in [3.05, 3.63) is 42.1 Å². The Bertz CT molecular complexity index is 804. The maximum atomic E-state index is 12.6. The van der Waals surface area contributed by atoms with Crippen LogP contribution >= 0.6 is 0 Å². The highest BCUT2D eigenvalue weighted by atomic mass is 32.2. The van der Waals surface area contributed by atoms with Crippen molar-refractivity contribution in [3.8, 4) is 0 Å². The second kappa shape index (κ2) is 6.80. The molecule has 1 aliphatic heterocycles. The SMILES string of the molecule is Cn1cc(S(=O)(=O)N2CCOCC2)cc1C(=O)NCc1ccco1. The van der Waals surface area contributed by atoms with Crippen molar-refractivity contribution in [1.29, 1.82) is 0 Å². The molecule has 3 heterocycles. The van der Waals surface area contributed by atoms with Crippen molar-refractivity contribution in [2.45, 2.75) is 11.4 Å². The molecular weight excluding hydrogens is 334 g/mol. The molecule has 8 nitrogen and oxygen atoms in total. The van der Waals surface area contributed by atoms with Gasteiger partial charge >= 0.3 is 0 Å². The van der Waals surface area contributed by atoms with E-state index in [1.54, 1.807) is 19.2 Å². The molecule has 1 fully saturated rings. The molecule has 1 aliphatic rings. The van der Waals surface area contributed by atoms with Gasteiger partial charge < -0.3 is 19.0 Å². The number of carbonyl (C=O) groups is 1. The number of amides is 1. The zero-order valence-corrected chi connectivity index (χ0v) is 14.1. The molecule has 9 heteroatoms. The Morgan fingerprint density at radius 2 is 2.08 bits per heavy atom. The number of morpholine rings is 1. The molecule has 3 rings (SSSR count). The third kappa shape index (κ3) is 3.37. The van der Waals surface area contributed by atoms with Crippen LogP contribution in [0, 0.1) is 0 Å². The average Bonchev–Trinajstić information content (AvgIpc) is 3.23. The van der Waals surface area contributed by atoms with E-state index in [4.69, 9.17) is 9.15 Å². The number of ether oxygens (including phenoxy) is 1. The van der Waals surface area contributed by atoms with Gasteiger partial charge in [-0.25, -0.2) is 8.42 Å². The summed E-state index contributed by atoms with van der Waals surface area (Å²) in [4.78, 5) is 12.4. The van der Waals surface area contributed by atoms with Gasteiger partial charge in [0.2, 0.25) is 10.0 Å². The van der Waals surface area contributed by atoms with Crippen molar-refractivity contribution in [1.82, 2.24) is 14.2 Å². The summed E-state index contributed by atoms with van der Waals surface area (Å²) in [6, 6.07) is 4.87. The molecule has 1 amide bonds. The number of carbonyl (C=O) groups excluding carboxylic acids is 1. The Kier molecular flexibility index (Phi) is 4.74.